The Morgan fingerprint density at radius 2 is 2.33 bits per heavy atom. The van der Waals surface area contributed by atoms with Gasteiger partial charge in [0, 0.05) is 12.0 Å². The van der Waals surface area contributed by atoms with E-state index in [4.69, 9.17) is 10.00 Å². The van der Waals surface area contributed by atoms with E-state index >= 15 is 0 Å². The molecule has 0 saturated heterocycles. The predicted molar refractivity (Wildman–Crippen MR) is 40.3 cm³/mol. The molecule has 1 aromatic carbocycles. The molecule has 60 valence electrons. The molecule has 0 spiro atoms. The molecule has 2 rings (SSSR count). The van der Waals surface area contributed by atoms with Crippen LogP contribution < -0.4 is 4.74 Å². The van der Waals surface area contributed by atoms with Gasteiger partial charge in [-0.2, -0.15) is 5.26 Å². The Kier molecular flexibility index (Phi) is 1.47. The molecule has 0 unspecified atom stereocenters. The third-order valence-corrected chi connectivity index (χ3v) is 1.87. The highest BCUT2D eigenvalue weighted by molar-refractivity contribution is 5.45. The fourth-order valence-electron chi connectivity index (χ4n) is 1.33. The second-order valence-corrected chi connectivity index (χ2v) is 2.66. The molecule has 0 N–H and O–H groups in total. The van der Waals surface area contributed by atoms with Crippen molar-refractivity contribution in [3.05, 3.63) is 29.1 Å². The number of hydrogen-bond donors (Lipinski definition) is 0. The number of ether oxygens (including phenoxy) is 1. The maximum absolute atomic E-state index is 13.1. The van der Waals surface area contributed by atoms with Crippen molar-refractivity contribution in [1.82, 2.24) is 0 Å². The second-order valence-electron chi connectivity index (χ2n) is 2.66. The van der Waals surface area contributed by atoms with Crippen LogP contribution in [0.2, 0.25) is 0 Å². The van der Waals surface area contributed by atoms with Gasteiger partial charge in [-0.15, -0.1) is 0 Å². The van der Waals surface area contributed by atoms with Crippen LogP contribution in [0.15, 0.2) is 12.1 Å². The van der Waals surface area contributed by atoms with E-state index in [1.165, 1.54) is 6.07 Å². The van der Waals surface area contributed by atoms with E-state index in [9.17, 15) is 4.39 Å². The van der Waals surface area contributed by atoms with E-state index < -0.39 is 5.82 Å². The molecule has 0 amide bonds. The van der Waals surface area contributed by atoms with Crippen molar-refractivity contribution in [2.24, 2.45) is 0 Å². The first-order chi connectivity index (χ1) is 5.81. The van der Waals surface area contributed by atoms with Crippen LogP contribution in [0.1, 0.15) is 11.1 Å². The van der Waals surface area contributed by atoms with Gasteiger partial charge in [0.2, 0.25) is 0 Å². The summed E-state index contributed by atoms with van der Waals surface area (Å²) in [6.45, 7) is 0.515. The number of halogens is 1. The van der Waals surface area contributed by atoms with E-state index in [-0.39, 0.29) is 0 Å². The van der Waals surface area contributed by atoms with Crippen LogP contribution in [0.4, 0.5) is 4.39 Å². The molecule has 1 aliphatic rings. The zero-order chi connectivity index (χ0) is 8.55. The van der Waals surface area contributed by atoms with Crippen LogP contribution in [-0.4, -0.2) is 6.61 Å². The fraction of sp³-hybridized carbons (Fsp3) is 0.222. The van der Waals surface area contributed by atoms with Gasteiger partial charge >= 0.3 is 0 Å². The smallest absolute Gasteiger partial charge is 0.166 e. The summed E-state index contributed by atoms with van der Waals surface area (Å²) < 4.78 is 18.1. The molecule has 0 radical (unpaired) electrons. The van der Waals surface area contributed by atoms with Gasteiger partial charge in [-0.3, -0.25) is 0 Å². The number of nitrogens with zero attached hydrogens (tertiary/aromatic N) is 1. The molecule has 1 heterocycles. The monoisotopic (exact) mass is 163 g/mol. The topological polar surface area (TPSA) is 33.0 Å². The molecule has 0 bridgehead atoms. The van der Waals surface area contributed by atoms with Crippen molar-refractivity contribution in [2.75, 3.05) is 6.61 Å². The van der Waals surface area contributed by atoms with Crippen molar-refractivity contribution in [2.45, 2.75) is 6.42 Å². The van der Waals surface area contributed by atoms with Crippen LogP contribution in [0.25, 0.3) is 0 Å². The SMILES string of the molecule is N#Cc1cc(F)c2c(c1)CCO2. The first kappa shape index (κ1) is 7.11. The van der Waals surface area contributed by atoms with Crippen LogP contribution in [0, 0.1) is 17.1 Å². The predicted octanol–water partition coefficient (Wildman–Crippen LogP) is 1.63. The Bertz CT molecular complexity index is 368. The minimum absolute atomic E-state index is 0.314. The first-order valence-electron chi connectivity index (χ1n) is 3.66. The highest BCUT2D eigenvalue weighted by Gasteiger charge is 2.17. The van der Waals surface area contributed by atoms with Gasteiger partial charge in [0.15, 0.2) is 11.6 Å². The molecule has 2 nitrogen and oxygen atoms in total. The van der Waals surface area contributed by atoms with Gasteiger partial charge in [-0.25, -0.2) is 4.39 Å². The summed E-state index contributed by atoms with van der Waals surface area (Å²) >= 11 is 0. The molecule has 0 saturated carbocycles. The fourth-order valence-corrected chi connectivity index (χ4v) is 1.33. The molecule has 12 heavy (non-hydrogen) atoms. The molecule has 0 fully saturated rings. The van der Waals surface area contributed by atoms with Crippen molar-refractivity contribution >= 4 is 0 Å². The molecule has 0 aromatic heterocycles. The molecule has 1 aliphatic heterocycles. The number of fused-ring (bicyclic) bond motifs is 1. The lowest BCUT2D eigenvalue weighted by Crippen LogP contribution is -1.88. The van der Waals surface area contributed by atoms with Crippen molar-refractivity contribution in [1.29, 1.82) is 5.26 Å². The Hall–Kier alpha value is -1.56. The van der Waals surface area contributed by atoms with E-state index in [1.54, 1.807) is 6.07 Å². The number of rotatable bonds is 0. The highest BCUT2D eigenvalue weighted by atomic mass is 19.1. The van der Waals surface area contributed by atoms with Crippen LogP contribution in [0.5, 0.6) is 5.75 Å². The van der Waals surface area contributed by atoms with Gasteiger partial charge < -0.3 is 4.74 Å². The third-order valence-electron chi connectivity index (χ3n) is 1.87. The summed E-state index contributed by atoms with van der Waals surface area (Å²) in [4.78, 5) is 0. The average Bonchev–Trinajstić information content (AvgIpc) is 2.52. The summed E-state index contributed by atoms with van der Waals surface area (Å²) in [5.74, 6) is -0.115. The van der Waals surface area contributed by atoms with Gasteiger partial charge in [0.05, 0.1) is 18.2 Å². The lowest BCUT2D eigenvalue weighted by molar-refractivity contribution is 0.339. The van der Waals surface area contributed by atoms with Crippen molar-refractivity contribution in [3.8, 4) is 11.8 Å². The van der Waals surface area contributed by atoms with Crippen molar-refractivity contribution < 1.29 is 9.13 Å². The van der Waals surface area contributed by atoms with Crippen LogP contribution in [-0.2, 0) is 6.42 Å². The van der Waals surface area contributed by atoms with E-state index in [0.29, 0.717) is 24.3 Å². The number of hydrogen-bond acceptors (Lipinski definition) is 2. The summed E-state index contributed by atoms with van der Waals surface area (Å²) in [6.07, 6.45) is 0.696. The van der Waals surface area contributed by atoms with Gasteiger partial charge in [-0.05, 0) is 12.1 Å². The average molecular weight is 163 g/mol. The first-order valence-corrected chi connectivity index (χ1v) is 3.66. The Morgan fingerprint density at radius 3 is 3.08 bits per heavy atom. The largest absolute Gasteiger partial charge is 0.490 e. The van der Waals surface area contributed by atoms with Crippen LogP contribution >= 0.6 is 0 Å². The Labute approximate surface area is 69.2 Å². The summed E-state index contributed by atoms with van der Waals surface area (Å²) in [6, 6.07) is 4.77. The number of nitriles is 1. The minimum atomic E-state index is -0.429. The quantitative estimate of drug-likeness (QED) is 0.582. The van der Waals surface area contributed by atoms with Gasteiger partial charge in [0.1, 0.15) is 0 Å². The van der Waals surface area contributed by atoms with Crippen LogP contribution in [0.3, 0.4) is 0 Å². The zero-order valence-corrected chi connectivity index (χ0v) is 6.30. The molecular weight excluding hydrogens is 157 g/mol. The Balaban J connectivity index is 2.60. The lowest BCUT2D eigenvalue weighted by atomic mass is 10.1. The molecule has 0 atom stereocenters. The van der Waals surface area contributed by atoms with Gasteiger partial charge in [-0.1, -0.05) is 0 Å². The summed E-state index contributed by atoms with van der Waals surface area (Å²) in [5, 5.41) is 8.54. The maximum Gasteiger partial charge on any atom is 0.166 e. The molecular formula is C9H6FNO. The standard InChI is InChI=1S/C9H6FNO/c10-8-4-6(5-11)3-7-1-2-12-9(7)8/h3-4H,1-2H2. The zero-order valence-electron chi connectivity index (χ0n) is 6.30. The van der Waals surface area contributed by atoms with Gasteiger partial charge in [0.25, 0.3) is 0 Å². The second kappa shape index (κ2) is 2.49. The van der Waals surface area contributed by atoms with E-state index in [2.05, 4.69) is 0 Å². The Morgan fingerprint density at radius 1 is 1.50 bits per heavy atom. The summed E-state index contributed by atoms with van der Waals surface area (Å²) in [7, 11) is 0. The lowest BCUT2D eigenvalue weighted by Gasteiger charge is -1.99. The molecule has 3 heteroatoms. The third kappa shape index (κ3) is 0.928. The van der Waals surface area contributed by atoms with Crippen molar-refractivity contribution in [3.63, 3.8) is 0 Å². The van der Waals surface area contributed by atoms with E-state index in [0.717, 1.165) is 5.56 Å². The maximum atomic E-state index is 13.1. The summed E-state index contributed by atoms with van der Waals surface area (Å²) in [5.41, 5.74) is 1.16. The normalized spacial score (nSPS) is 13.3. The molecule has 0 aliphatic carbocycles. The highest BCUT2D eigenvalue weighted by Crippen LogP contribution is 2.29. The van der Waals surface area contributed by atoms with E-state index in [1.807, 2.05) is 6.07 Å². The number of benzene rings is 1. The minimum Gasteiger partial charge on any atom is -0.490 e. The molecule has 1 aromatic rings.